The quantitative estimate of drug-likeness (QED) is 0.799. The molecule has 1 fully saturated rings. The van der Waals surface area contributed by atoms with Crippen molar-refractivity contribution in [3.05, 3.63) is 59.7 Å². The molecule has 0 radical (unpaired) electrons. The average molecular weight is 381 g/mol. The van der Waals surface area contributed by atoms with Crippen LogP contribution < -0.4 is 20.1 Å². The van der Waals surface area contributed by atoms with Gasteiger partial charge in [-0.15, -0.1) is 0 Å². The molecule has 2 aromatic rings. The fraction of sp³-hybridized carbons (Fsp3) is 0.409. The van der Waals surface area contributed by atoms with Crippen molar-refractivity contribution in [2.24, 2.45) is 0 Å². The molecule has 0 aliphatic carbocycles. The summed E-state index contributed by atoms with van der Waals surface area (Å²) < 4.78 is 11.4. The van der Waals surface area contributed by atoms with Crippen molar-refractivity contribution in [2.45, 2.75) is 18.6 Å². The van der Waals surface area contributed by atoms with Crippen molar-refractivity contribution in [3.63, 3.8) is 0 Å². The van der Waals surface area contributed by atoms with Crippen molar-refractivity contribution in [1.29, 1.82) is 0 Å². The van der Waals surface area contributed by atoms with Crippen LogP contribution in [0.1, 0.15) is 17.2 Å². The van der Waals surface area contributed by atoms with Crippen molar-refractivity contribution in [2.75, 3.05) is 39.8 Å². The average Bonchev–Trinajstić information content (AvgIpc) is 3.16. The zero-order valence-electron chi connectivity index (χ0n) is 16.2. The standard InChI is InChI=1S/C22H27N3O3/c1-27-21-9-5-3-7-18(21)19-14-23-10-11-25(19)15-22(26)24-13-17-12-16-6-2-4-8-20(16)28-17/h2-9,17,19,23H,10-15H2,1H3,(H,24,26). The van der Waals surface area contributed by atoms with E-state index in [1.54, 1.807) is 7.11 Å². The molecule has 6 heteroatoms. The van der Waals surface area contributed by atoms with Gasteiger partial charge < -0.3 is 20.1 Å². The highest BCUT2D eigenvalue weighted by molar-refractivity contribution is 5.78. The fourth-order valence-electron chi connectivity index (χ4n) is 4.02. The molecule has 2 aromatic carbocycles. The van der Waals surface area contributed by atoms with E-state index < -0.39 is 0 Å². The summed E-state index contributed by atoms with van der Waals surface area (Å²) in [5.74, 6) is 1.82. The van der Waals surface area contributed by atoms with Crippen molar-refractivity contribution in [1.82, 2.24) is 15.5 Å². The summed E-state index contributed by atoms with van der Waals surface area (Å²) in [5.41, 5.74) is 2.32. The molecule has 2 atom stereocenters. The molecule has 28 heavy (non-hydrogen) atoms. The predicted octanol–water partition coefficient (Wildman–Crippen LogP) is 1.76. The van der Waals surface area contributed by atoms with E-state index >= 15 is 0 Å². The molecule has 0 aromatic heterocycles. The number of fused-ring (bicyclic) bond motifs is 1. The van der Waals surface area contributed by atoms with Gasteiger partial charge in [0.25, 0.3) is 0 Å². The second-order valence-electron chi connectivity index (χ2n) is 7.29. The van der Waals surface area contributed by atoms with Crippen LogP contribution in [0.2, 0.25) is 0 Å². The van der Waals surface area contributed by atoms with E-state index in [-0.39, 0.29) is 18.1 Å². The van der Waals surface area contributed by atoms with Gasteiger partial charge in [0.15, 0.2) is 0 Å². The maximum Gasteiger partial charge on any atom is 0.234 e. The second-order valence-corrected chi connectivity index (χ2v) is 7.29. The lowest BCUT2D eigenvalue weighted by molar-refractivity contribution is -0.123. The van der Waals surface area contributed by atoms with Crippen LogP contribution in [-0.2, 0) is 11.2 Å². The van der Waals surface area contributed by atoms with Crippen LogP contribution in [0.4, 0.5) is 0 Å². The van der Waals surface area contributed by atoms with Gasteiger partial charge in [-0.1, -0.05) is 36.4 Å². The van der Waals surface area contributed by atoms with E-state index in [9.17, 15) is 4.79 Å². The van der Waals surface area contributed by atoms with Gasteiger partial charge in [-0.3, -0.25) is 9.69 Å². The van der Waals surface area contributed by atoms with E-state index in [2.05, 4.69) is 27.7 Å². The SMILES string of the molecule is COc1ccccc1C1CNCCN1CC(=O)NCC1Cc2ccccc2O1. The molecule has 2 aliphatic heterocycles. The number of nitrogens with zero attached hydrogens (tertiary/aromatic N) is 1. The molecule has 0 spiro atoms. The number of nitrogens with one attached hydrogen (secondary N) is 2. The molecule has 4 rings (SSSR count). The van der Waals surface area contributed by atoms with E-state index in [0.29, 0.717) is 13.1 Å². The first-order chi connectivity index (χ1) is 13.7. The molecule has 1 amide bonds. The largest absolute Gasteiger partial charge is 0.496 e. The molecule has 148 valence electrons. The lowest BCUT2D eigenvalue weighted by Gasteiger charge is -2.36. The molecular formula is C22H27N3O3. The zero-order chi connectivity index (χ0) is 19.3. The Morgan fingerprint density at radius 1 is 1.25 bits per heavy atom. The van der Waals surface area contributed by atoms with Gasteiger partial charge in [-0.25, -0.2) is 0 Å². The third kappa shape index (κ3) is 4.13. The van der Waals surface area contributed by atoms with E-state index in [1.165, 1.54) is 5.56 Å². The minimum absolute atomic E-state index is 0.00869. The number of carbonyl (C=O) groups is 1. The van der Waals surface area contributed by atoms with Gasteiger partial charge in [-0.05, 0) is 17.7 Å². The fourth-order valence-corrected chi connectivity index (χ4v) is 4.02. The van der Waals surface area contributed by atoms with E-state index in [0.717, 1.165) is 43.1 Å². The van der Waals surface area contributed by atoms with Crippen LogP contribution in [0.15, 0.2) is 48.5 Å². The van der Waals surface area contributed by atoms with E-state index in [1.807, 2.05) is 36.4 Å². The predicted molar refractivity (Wildman–Crippen MR) is 108 cm³/mol. The number of benzene rings is 2. The van der Waals surface area contributed by atoms with Gasteiger partial charge in [0.05, 0.1) is 26.2 Å². The summed E-state index contributed by atoms with van der Waals surface area (Å²) in [6, 6.07) is 16.2. The Hall–Kier alpha value is -2.57. The molecule has 0 saturated carbocycles. The number of hydrogen-bond donors (Lipinski definition) is 2. The lowest BCUT2D eigenvalue weighted by atomic mass is 10.0. The maximum absolute atomic E-state index is 12.6. The van der Waals surface area contributed by atoms with Gasteiger partial charge in [0, 0.05) is 31.6 Å². The normalized spacial score (nSPS) is 21.6. The maximum atomic E-state index is 12.6. The minimum atomic E-state index is 0.00869. The number of ether oxygens (including phenoxy) is 2. The summed E-state index contributed by atoms with van der Waals surface area (Å²) >= 11 is 0. The highest BCUT2D eigenvalue weighted by Crippen LogP contribution is 2.30. The van der Waals surface area contributed by atoms with E-state index in [4.69, 9.17) is 9.47 Å². The molecular weight excluding hydrogens is 354 g/mol. The molecule has 2 heterocycles. The summed E-state index contributed by atoms with van der Waals surface area (Å²) in [7, 11) is 1.69. The van der Waals surface area contributed by atoms with Crippen LogP contribution >= 0.6 is 0 Å². The van der Waals surface area contributed by atoms with Crippen LogP contribution in [-0.4, -0.2) is 56.7 Å². The zero-order valence-corrected chi connectivity index (χ0v) is 16.2. The van der Waals surface area contributed by atoms with Gasteiger partial charge >= 0.3 is 0 Å². The highest BCUT2D eigenvalue weighted by Gasteiger charge is 2.28. The number of amides is 1. The Labute approximate surface area is 165 Å². The first kappa shape index (κ1) is 18.8. The first-order valence-corrected chi connectivity index (χ1v) is 9.83. The highest BCUT2D eigenvalue weighted by atomic mass is 16.5. The molecule has 2 aliphatic rings. The lowest BCUT2D eigenvalue weighted by Crippen LogP contribution is -2.50. The Balaban J connectivity index is 1.34. The molecule has 6 nitrogen and oxygen atoms in total. The topological polar surface area (TPSA) is 62.8 Å². The van der Waals surface area contributed by atoms with Crippen LogP contribution in [0, 0.1) is 0 Å². The van der Waals surface area contributed by atoms with Gasteiger partial charge in [0.1, 0.15) is 17.6 Å². The van der Waals surface area contributed by atoms with Gasteiger partial charge in [0.2, 0.25) is 5.91 Å². The number of carbonyl (C=O) groups excluding carboxylic acids is 1. The molecule has 1 saturated heterocycles. The minimum Gasteiger partial charge on any atom is -0.496 e. The number of rotatable bonds is 6. The Bertz CT molecular complexity index is 801. The summed E-state index contributed by atoms with van der Waals surface area (Å²) in [6.45, 7) is 3.39. The Kier molecular flexibility index (Phi) is 5.78. The van der Waals surface area contributed by atoms with Crippen molar-refractivity contribution in [3.8, 4) is 11.5 Å². The van der Waals surface area contributed by atoms with Crippen LogP contribution in [0.5, 0.6) is 11.5 Å². The third-order valence-corrected chi connectivity index (χ3v) is 5.44. The van der Waals surface area contributed by atoms with Crippen molar-refractivity contribution < 1.29 is 14.3 Å². The monoisotopic (exact) mass is 381 g/mol. The Morgan fingerprint density at radius 2 is 2.07 bits per heavy atom. The van der Waals surface area contributed by atoms with Crippen molar-refractivity contribution >= 4 is 5.91 Å². The third-order valence-electron chi connectivity index (χ3n) is 5.44. The number of para-hydroxylation sites is 2. The number of hydrogen-bond acceptors (Lipinski definition) is 5. The summed E-state index contributed by atoms with van der Waals surface area (Å²) in [4.78, 5) is 14.8. The smallest absolute Gasteiger partial charge is 0.234 e. The molecule has 2 unspecified atom stereocenters. The molecule has 2 N–H and O–H groups in total. The Morgan fingerprint density at radius 3 is 2.93 bits per heavy atom. The van der Waals surface area contributed by atoms with Crippen LogP contribution in [0.25, 0.3) is 0 Å². The van der Waals surface area contributed by atoms with Gasteiger partial charge in [-0.2, -0.15) is 0 Å². The second kappa shape index (κ2) is 8.63. The first-order valence-electron chi connectivity index (χ1n) is 9.83. The summed E-state index contributed by atoms with van der Waals surface area (Å²) in [5, 5.41) is 6.48. The number of piperazine rings is 1. The number of methoxy groups -OCH3 is 1. The van der Waals surface area contributed by atoms with Crippen LogP contribution in [0.3, 0.4) is 0 Å². The summed E-state index contributed by atoms with van der Waals surface area (Å²) in [6.07, 6.45) is 0.850. The molecule has 0 bridgehead atoms.